The molecule has 1 atom stereocenters. The summed E-state index contributed by atoms with van der Waals surface area (Å²) in [5.74, 6) is 0.217. The van der Waals surface area contributed by atoms with Crippen LogP contribution in [0.25, 0.3) is 0 Å². The number of ether oxygens (including phenoxy) is 1. The number of hydrogen-bond donors (Lipinski definition) is 2. The fourth-order valence-corrected chi connectivity index (χ4v) is 3.83. The molecule has 0 radical (unpaired) electrons. The molecule has 3 aromatic carbocycles. The maximum Gasteiger partial charge on any atom is 0.255 e. The van der Waals surface area contributed by atoms with E-state index in [0.717, 1.165) is 10.5 Å². The first-order chi connectivity index (χ1) is 14.9. The average molecular weight is 455 g/mol. The zero-order chi connectivity index (χ0) is 22.4. The highest BCUT2D eigenvalue weighted by Crippen LogP contribution is 2.30. The molecule has 2 amide bonds. The zero-order valence-electron chi connectivity index (χ0n) is 17.4. The molecule has 0 aliphatic rings. The van der Waals surface area contributed by atoms with Crippen LogP contribution in [-0.2, 0) is 4.79 Å². The van der Waals surface area contributed by atoms with Gasteiger partial charge in [0.1, 0.15) is 5.75 Å². The average Bonchev–Trinajstić information content (AvgIpc) is 2.75. The number of methoxy groups -OCH3 is 1. The molecule has 0 aromatic heterocycles. The monoisotopic (exact) mass is 454 g/mol. The van der Waals surface area contributed by atoms with Gasteiger partial charge in [0.25, 0.3) is 5.91 Å². The Kier molecular flexibility index (Phi) is 7.60. The molecule has 2 N–H and O–H groups in total. The molecular weight excluding hydrogens is 432 g/mol. The summed E-state index contributed by atoms with van der Waals surface area (Å²) < 4.78 is 5.27. The molecule has 3 rings (SSSR count). The molecule has 0 heterocycles. The van der Waals surface area contributed by atoms with E-state index in [-0.39, 0.29) is 17.1 Å². The van der Waals surface area contributed by atoms with Crippen molar-refractivity contribution in [3.05, 3.63) is 82.9 Å². The van der Waals surface area contributed by atoms with Crippen LogP contribution >= 0.6 is 23.4 Å². The summed E-state index contributed by atoms with van der Waals surface area (Å²) in [5, 5.41) is 5.90. The predicted octanol–water partition coefficient (Wildman–Crippen LogP) is 6.03. The van der Waals surface area contributed by atoms with Crippen LogP contribution < -0.4 is 15.4 Å². The van der Waals surface area contributed by atoms with Gasteiger partial charge >= 0.3 is 0 Å². The van der Waals surface area contributed by atoms with Crippen molar-refractivity contribution in [3.8, 4) is 5.75 Å². The number of aryl methyl sites for hydroxylation is 1. The highest BCUT2D eigenvalue weighted by atomic mass is 35.5. The van der Waals surface area contributed by atoms with E-state index < -0.39 is 0 Å². The van der Waals surface area contributed by atoms with Crippen LogP contribution in [-0.4, -0.2) is 24.2 Å². The van der Waals surface area contributed by atoms with E-state index in [0.29, 0.717) is 27.7 Å². The fraction of sp³-hybridized carbons (Fsp3) is 0.167. The number of carbonyl (C=O) groups excluding carboxylic acids is 2. The molecule has 0 spiro atoms. The van der Waals surface area contributed by atoms with Gasteiger partial charge in [-0.1, -0.05) is 29.3 Å². The number of amides is 2. The van der Waals surface area contributed by atoms with Crippen LogP contribution in [0.2, 0.25) is 5.02 Å². The van der Waals surface area contributed by atoms with Crippen molar-refractivity contribution in [2.24, 2.45) is 0 Å². The normalized spacial score (nSPS) is 11.5. The second kappa shape index (κ2) is 10.4. The van der Waals surface area contributed by atoms with Gasteiger partial charge in [-0.25, -0.2) is 0 Å². The Bertz CT molecular complexity index is 1070. The molecule has 0 saturated heterocycles. The molecule has 160 valence electrons. The molecule has 0 saturated carbocycles. The Labute approximate surface area is 191 Å². The number of hydrogen-bond acceptors (Lipinski definition) is 4. The third-order valence-electron chi connectivity index (χ3n) is 4.53. The first-order valence-corrected chi connectivity index (χ1v) is 10.9. The lowest BCUT2D eigenvalue weighted by Crippen LogP contribution is -2.22. The minimum Gasteiger partial charge on any atom is -0.495 e. The number of anilines is 2. The number of halogens is 1. The lowest BCUT2D eigenvalue weighted by atomic mass is 10.1. The summed E-state index contributed by atoms with van der Waals surface area (Å²) in [6.07, 6.45) is 0. The first-order valence-electron chi connectivity index (χ1n) is 9.65. The summed E-state index contributed by atoms with van der Waals surface area (Å²) in [5.41, 5.74) is 2.92. The smallest absolute Gasteiger partial charge is 0.255 e. The fourth-order valence-electron chi connectivity index (χ4n) is 2.79. The summed E-state index contributed by atoms with van der Waals surface area (Å²) in [6, 6.07) is 19.8. The van der Waals surface area contributed by atoms with Gasteiger partial charge < -0.3 is 15.4 Å². The quantitative estimate of drug-likeness (QED) is 0.428. The van der Waals surface area contributed by atoms with E-state index in [1.54, 1.807) is 30.3 Å². The van der Waals surface area contributed by atoms with Crippen LogP contribution in [0.15, 0.2) is 71.6 Å². The summed E-state index contributed by atoms with van der Waals surface area (Å²) in [4.78, 5) is 25.9. The second-order valence-corrected chi connectivity index (χ2v) is 8.79. The van der Waals surface area contributed by atoms with Crippen molar-refractivity contribution in [3.63, 3.8) is 0 Å². The second-order valence-electron chi connectivity index (χ2n) is 6.94. The van der Waals surface area contributed by atoms with Gasteiger partial charge in [-0.3, -0.25) is 9.59 Å². The van der Waals surface area contributed by atoms with E-state index in [1.165, 1.54) is 18.9 Å². The third-order valence-corrected chi connectivity index (χ3v) is 5.87. The highest BCUT2D eigenvalue weighted by Gasteiger charge is 2.17. The molecule has 0 bridgehead atoms. The molecule has 7 heteroatoms. The van der Waals surface area contributed by atoms with E-state index in [1.807, 2.05) is 50.2 Å². The molecule has 0 fully saturated rings. The Morgan fingerprint density at radius 3 is 2.29 bits per heavy atom. The largest absolute Gasteiger partial charge is 0.495 e. The Morgan fingerprint density at radius 1 is 0.968 bits per heavy atom. The first kappa shape index (κ1) is 22.7. The standard InChI is InChI=1S/C24H23ClN2O3S/c1-15-4-6-17(7-5-15)24(29)26-19-9-11-20(12-10-19)31-16(2)23(28)27-21-14-18(25)8-13-22(21)30-3/h4-14,16H,1-3H3,(H,26,29)(H,27,28). The molecule has 5 nitrogen and oxygen atoms in total. The zero-order valence-corrected chi connectivity index (χ0v) is 19.0. The third kappa shape index (κ3) is 6.26. The molecule has 1 unspecified atom stereocenters. The van der Waals surface area contributed by atoms with Gasteiger partial charge in [0, 0.05) is 21.2 Å². The number of nitrogens with one attached hydrogen (secondary N) is 2. The Balaban J connectivity index is 1.59. The maximum absolute atomic E-state index is 12.6. The van der Waals surface area contributed by atoms with Crippen molar-refractivity contribution in [1.82, 2.24) is 0 Å². The lowest BCUT2D eigenvalue weighted by Gasteiger charge is -2.15. The molecule has 0 aliphatic heterocycles. The minimum atomic E-state index is -0.350. The highest BCUT2D eigenvalue weighted by molar-refractivity contribution is 8.00. The predicted molar refractivity (Wildman–Crippen MR) is 128 cm³/mol. The van der Waals surface area contributed by atoms with Crippen molar-refractivity contribution in [2.45, 2.75) is 24.0 Å². The van der Waals surface area contributed by atoms with E-state index in [4.69, 9.17) is 16.3 Å². The van der Waals surface area contributed by atoms with Crippen LogP contribution in [0.3, 0.4) is 0 Å². The molecular formula is C24H23ClN2O3S. The number of carbonyl (C=O) groups is 2. The van der Waals surface area contributed by atoms with Gasteiger partial charge in [0.15, 0.2) is 0 Å². The van der Waals surface area contributed by atoms with Crippen molar-refractivity contribution in [1.29, 1.82) is 0 Å². The van der Waals surface area contributed by atoms with Gasteiger partial charge in [0.2, 0.25) is 5.91 Å². The summed E-state index contributed by atoms with van der Waals surface area (Å²) in [7, 11) is 1.54. The van der Waals surface area contributed by atoms with E-state index in [9.17, 15) is 9.59 Å². The SMILES string of the molecule is COc1ccc(Cl)cc1NC(=O)C(C)Sc1ccc(NC(=O)c2ccc(C)cc2)cc1. The van der Waals surface area contributed by atoms with Gasteiger partial charge in [-0.2, -0.15) is 0 Å². The van der Waals surface area contributed by atoms with E-state index in [2.05, 4.69) is 10.6 Å². The molecule has 31 heavy (non-hydrogen) atoms. The van der Waals surface area contributed by atoms with E-state index >= 15 is 0 Å². The van der Waals surface area contributed by atoms with Crippen LogP contribution in [0, 0.1) is 6.92 Å². The summed E-state index contributed by atoms with van der Waals surface area (Å²) >= 11 is 7.44. The number of thioether (sulfide) groups is 1. The lowest BCUT2D eigenvalue weighted by molar-refractivity contribution is -0.115. The van der Waals surface area contributed by atoms with Crippen molar-refractivity contribution in [2.75, 3.05) is 17.7 Å². The van der Waals surface area contributed by atoms with Crippen LogP contribution in [0.4, 0.5) is 11.4 Å². The van der Waals surface area contributed by atoms with Gasteiger partial charge in [-0.05, 0) is 68.4 Å². The van der Waals surface area contributed by atoms with Gasteiger partial charge in [0.05, 0.1) is 18.0 Å². The molecule has 3 aromatic rings. The van der Waals surface area contributed by atoms with Crippen LogP contribution in [0.1, 0.15) is 22.8 Å². The Morgan fingerprint density at radius 2 is 1.65 bits per heavy atom. The van der Waals surface area contributed by atoms with Crippen molar-refractivity contribution < 1.29 is 14.3 Å². The minimum absolute atomic E-state index is 0.163. The summed E-state index contributed by atoms with van der Waals surface area (Å²) in [6.45, 7) is 3.80. The maximum atomic E-state index is 12.6. The topological polar surface area (TPSA) is 67.4 Å². The number of rotatable bonds is 7. The molecule has 0 aliphatic carbocycles. The number of benzene rings is 3. The Hall–Kier alpha value is -2.96. The van der Waals surface area contributed by atoms with Crippen molar-refractivity contribution >= 4 is 46.6 Å². The van der Waals surface area contributed by atoms with Crippen LogP contribution in [0.5, 0.6) is 5.75 Å². The van der Waals surface area contributed by atoms with Gasteiger partial charge in [-0.15, -0.1) is 11.8 Å².